The molecule has 1 N–H and O–H groups in total. The molecule has 16 heavy (non-hydrogen) atoms. The van der Waals surface area contributed by atoms with Gasteiger partial charge in [0.1, 0.15) is 0 Å². The Labute approximate surface area is 93.8 Å². The van der Waals surface area contributed by atoms with Crippen LogP contribution in [-0.2, 0) is 0 Å². The van der Waals surface area contributed by atoms with Gasteiger partial charge in [-0.25, -0.2) is 9.78 Å². The van der Waals surface area contributed by atoms with Crippen LogP contribution >= 0.6 is 0 Å². The SMILES string of the molecule is C=C(C)CCOc1nc(C)cc(C(=O)O)n1. The number of nitrogens with zero attached hydrogens (tertiary/aromatic N) is 2. The van der Waals surface area contributed by atoms with Crippen molar-refractivity contribution < 1.29 is 14.6 Å². The summed E-state index contributed by atoms with van der Waals surface area (Å²) in [6.45, 7) is 7.72. The van der Waals surface area contributed by atoms with Gasteiger partial charge in [0.15, 0.2) is 5.69 Å². The van der Waals surface area contributed by atoms with E-state index in [0.717, 1.165) is 5.57 Å². The quantitative estimate of drug-likeness (QED) is 0.769. The number of carboxylic acids is 1. The van der Waals surface area contributed by atoms with E-state index < -0.39 is 5.97 Å². The molecule has 0 radical (unpaired) electrons. The van der Waals surface area contributed by atoms with Crippen molar-refractivity contribution in [2.45, 2.75) is 20.3 Å². The van der Waals surface area contributed by atoms with E-state index in [9.17, 15) is 4.79 Å². The third kappa shape index (κ3) is 3.68. The van der Waals surface area contributed by atoms with E-state index in [1.165, 1.54) is 6.07 Å². The summed E-state index contributed by atoms with van der Waals surface area (Å²) >= 11 is 0. The van der Waals surface area contributed by atoms with Crippen molar-refractivity contribution in [3.05, 3.63) is 29.6 Å². The molecule has 0 amide bonds. The number of hydrogen-bond acceptors (Lipinski definition) is 4. The Balaban J connectivity index is 2.72. The van der Waals surface area contributed by atoms with Gasteiger partial charge in [0.05, 0.1) is 6.61 Å². The fourth-order valence-corrected chi connectivity index (χ4v) is 1.03. The summed E-state index contributed by atoms with van der Waals surface area (Å²) in [4.78, 5) is 18.5. The van der Waals surface area contributed by atoms with Gasteiger partial charge in [-0.3, -0.25) is 0 Å². The first-order valence-electron chi connectivity index (χ1n) is 4.85. The smallest absolute Gasteiger partial charge is 0.354 e. The number of rotatable bonds is 5. The van der Waals surface area contributed by atoms with E-state index >= 15 is 0 Å². The molecule has 0 unspecified atom stereocenters. The fourth-order valence-electron chi connectivity index (χ4n) is 1.03. The van der Waals surface area contributed by atoms with Crippen molar-refractivity contribution in [3.63, 3.8) is 0 Å². The number of aryl methyl sites for hydroxylation is 1. The van der Waals surface area contributed by atoms with Gasteiger partial charge in [0, 0.05) is 12.1 Å². The minimum atomic E-state index is -1.09. The number of hydrogen-bond donors (Lipinski definition) is 1. The Morgan fingerprint density at radius 2 is 2.25 bits per heavy atom. The molecule has 0 saturated carbocycles. The lowest BCUT2D eigenvalue weighted by atomic mass is 10.3. The molecule has 1 rings (SSSR count). The average molecular weight is 222 g/mol. The summed E-state index contributed by atoms with van der Waals surface area (Å²) in [6.07, 6.45) is 0.694. The normalized spacial score (nSPS) is 9.88. The summed E-state index contributed by atoms with van der Waals surface area (Å²) in [5, 5.41) is 8.79. The second-order valence-electron chi connectivity index (χ2n) is 3.54. The highest BCUT2D eigenvalue weighted by molar-refractivity contribution is 5.85. The molecule has 1 aromatic heterocycles. The van der Waals surface area contributed by atoms with Crippen molar-refractivity contribution in [2.75, 3.05) is 6.61 Å². The van der Waals surface area contributed by atoms with E-state index in [2.05, 4.69) is 16.5 Å². The number of carboxylic acid groups (broad SMARTS) is 1. The van der Waals surface area contributed by atoms with Gasteiger partial charge < -0.3 is 9.84 Å². The Morgan fingerprint density at radius 1 is 1.56 bits per heavy atom. The molecule has 0 bridgehead atoms. The first-order valence-corrected chi connectivity index (χ1v) is 4.85. The van der Waals surface area contributed by atoms with Crippen molar-refractivity contribution in [1.82, 2.24) is 9.97 Å². The van der Waals surface area contributed by atoms with Crippen LogP contribution in [0.15, 0.2) is 18.2 Å². The molecule has 0 saturated heterocycles. The van der Waals surface area contributed by atoms with Gasteiger partial charge in [0.25, 0.3) is 0 Å². The predicted molar refractivity (Wildman–Crippen MR) is 58.7 cm³/mol. The van der Waals surface area contributed by atoms with Gasteiger partial charge >= 0.3 is 12.0 Å². The summed E-state index contributed by atoms with van der Waals surface area (Å²) in [6, 6.07) is 1.49. The number of aromatic carboxylic acids is 1. The lowest BCUT2D eigenvalue weighted by Gasteiger charge is -2.05. The summed E-state index contributed by atoms with van der Waals surface area (Å²) in [5.41, 5.74) is 1.50. The third-order valence-corrected chi connectivity index (χ3v) is 1.81. The lowest BCUT2D eigenvalue weighted by molar-refractivity contribution is 0.0688. The Kier molecular flexibility index (Phi) is 3.99. The molecule has 1 heterocycles. The van der Waals surface area contributed by atoms with Crippen LogP contribution in [0.4, 0.5) is 0 Å². The largest absolute Gasteiger partial charge is 0.477 e. The lowest BCUT2D eigenvalue weighted by Crippen LogP contribution is -2.07. The monoisotopic (exact) mass is 222 g/mol. The van der Waals surface area contributed by atoms with E-state index in [-0.39, 0.29) is 11.7 Å². The minimum Gasteiger partial charge on any atom is -0.477 e. The zero-order valence-corrected chi connectivity index (χ0v) is 9.36. The molecule has 5 nitrogen and oxygen atoms in total. The van der Waals surface area contributed by atoms with Crippen LogP contribution in [0.25, 0.3) is 0 Å². The van der Waals surface area contributed by atoms with Crippen LogP contribution in [-0.4, -0.2) is 27.7 Å². The zero-order valence-electron chi connectivity index (χ0n) is 9.36. The standard InChI is InChI=1S/C11H14N2O3/c1-7(2)4-5-16-11-12-8(3)6-9(13-11)10(14)15/h6H,1,4-5H2,2-3H3,(H,14,15). The average Bonchev–Trinajstić information content (AvgIpc) is 2.16. The third-order valence-electron chi connectivity index (χ3n) is 1.81. The molecule has 0 aliphatic heterocycles. The number of carbonyl (C=O) groups is 1. The molecule has 0 aliphatic carbocycles. The first-order chi connectivity index (χ1) is 7.49. The van der Waals surface area contributed by atoms with Crippen LogP contribution < -0.4 is 4.74 Å². The summed E-state index contributed by atoms with van der Waals surface area (Å²) in [7, 11) is 0. The van der Waals surface area contributed by atoms with Gasteiger partial charge in [-0.15, -0.1) is 6.58 Å². The second-order valence-corrected chi connectivity index (χ2v) is 3.54. The highest BCUT2D eigenvalue weighted by Crippen LogP contribution is 2.08. The Morgan fingerprint density at radius 3 is 2.81 bits per heavy atom. The van der Waals surface area contributed by atoms with E-state index in [4.69, 9.17) is 9.84 Å². The van der Waals surface area contributed by atoms with Crippen LogP contribution in [0.1, 0.15) is 29.5 Å². The fraction of sp³-hybridized carbons (Fsp3) is 0.364. The topological polar surface area (TPSA) is 72.3 Å². The Hall–Kier alpha value is -1.91. The van der Waals surface area contributed by atoms with Crippen molar-refractivity contribution in [2.24, 2.45) is 0 Å². The highest BCUT2D eigenvalue weighted by atomic mass is 16.5. The van der Waals surface area contributed by atoms with Gasteiger partial charge in [-0.2, -0.15) is 4.98 Å². The maximum absolute atomic E-state index is 10.7. The number of ether oxygens (including phenoxy) is 1. The Bertz CT molecular complexity index is 416. The maximum Gasteiger partial charge on any atom is 0.354 e. The summed E-state index contributed by atoms with van der Waals surface area (Å²) in [5.74, 6) is -1.09. The predicted octanol–water partition coefficient (Wildman–Crippen LogP) is 1.83. The highest BCUT2D eigenvalue weighted by Gasteiger charge is 2.09. The molecule has 1 aromatic rings. The molecule has 5 heteroatoms. The van der Waals surface area contributed by atoms with E-state index in [1.807, 2.05) is 6.92 Å². The first kappa shape index (κ1) is 12.2. The van der Waals surface area contributed by atoms with Crippen LogP contribution in [0.5, 0.6) is 6.01 Å². The molecule has 0 aliphatic rings. The van der Waals surface area contributed by atoms with Crippen molar-refractivity contribution in [3.8, 4) is 6.01 Å². The van der Waals surface area contributed by atoms with Gasteiger partial charge in [0.2, 0.25) is 0 Å². The zero-order chi connectivity index (χ0) is 12.1. The van der Waals surface area contributed by atoms with Gasteiger partial charge in [-0.1, -0.05) is 5.57 Å². The van der Waals surface area contributed by atoms with E-state index in [0.29, 0.717) is 18.7 Å². The van der Waals surface area contributed by atoms with E-state index in [1.54, 1.807) is 6.92 Å². The molecule has 86 valence electrons. The molecule has 0 atom stereocenters. The molecular weight excluding hydrogens is 208 g/mol. The maximum atomic E-state index is 10.7. The van der Waals surface area contributed by atoms with Crippen LogP contribution in [0.3, 0.4) is 0 Å². The van der Waals surface area contributed by atoms with Crippen LogP contribution in [0.2, 0.25) is 0 Å². The minimum absolute atomic E-state index is 0.0576. The van der Waals surface area contributed by atoms with Gasteiger partial charge in [-0.05, 0) is 19.9 Å². The molecule has 0 aromatic carbocycles. The number of aromatic nitrogens is 2. The summed E-state index contributed by atoms with van der Waals surface area (Å²) < 4.78 is 5.24. The van der Waals surface area contributed by atoms with Crippen molar-refractivity contribution in [1.29, 1.82) is 0 Å². The second kappa shape index (κ2) is 5.25. The van der Waals surface area contributed by atoms with Crippen LogP contribution in [0, 0.1) is 6.92 Å². The molecule has 0 spiro atoms. The van der Waals surface area contributed by atoms with Crippen molar-refractivity contribution >= 4 is 5.97 Å². The molecule has 0 fully saturated rings. The molecular formula is C11H14N2O3.